The Bertz CT molecular complexity index is 560. The smallest absolute Gasteiger partial charge is 0.306 e. The van der Waals surface area contributed by atoms with Gasteiger partial charge in [-0.2, -0.15) is 0 Å². The number of ether oxygens (including phenoxy) is 2. The van der Waals surface area contributed by atoms with E-state index in [0.717, 1.165) is 19.3 Å². The number of morpholine rings is 1. The van der Waals surface area contributed by atoms with Crippen molar-refractivity contribution >= 4 is 16.1 Å². The second-order valence-corrected chi connectivity index (χ2v) is 10.4. The zero-order valence-electron chi connectivity index (χ0n) is 19.1. The molecule has 1 unspecified atom stereocenters. The van der Waals surface area contributed by atoms with E-state index in [1.54, 1.807) is 0 Å². The Morgan fingerprint density at radius 1 is 0.967 bits per heavy atom. The maximum Gasteiger partial charge on any atom is 0.306 e. The summed E-state index contributed by atoms with van der Waals surface area (Å²) in [6.45, 7) is 5.15. The lowest BCUT2D eigenvalue weighted by Gasteiger charge is -2.39. The number of carbonyl (C=O) groups is 1. The summed E-state index contributed by atoms with van der Waals surface area (Å²) in [5, 5.41) is 0. The Morgan fingerprint density at radius 3 is 1.97 bits per heavy atom. The predicted octanol–water partition coefficient (Wildman–Crippen LogP) is 3.62. The van der Waals surface area contributed by atoms with Crippen molar-refractivity contribution in [1.82, 2.24) is 0 Å². The molecule has 1 aliphatic heterocycles. The Kier molecular flexibility index (Phi) is 13.8. The number of likely N-dealkylation sites (N-methyl/N-ethyl adjacent to an activating group) is 1. The fraction of sp³-hybridized carbons (Fsp3) is 0.955. The maximum atomic E-state index is 12.2. The van der Waals surface area contributed by atoms with E-state index in [-0.39, 0.29) is 6.42 Å². The quantitative estimate of drug-likeness (QED) is 0.146. The SMILES string of the molecule is CCCCCCCCCCCCCC(=O)OC(C[N+]1(C)CCOCC1)CS(=O)(=O)[O-]. The molecular weight excluding hydrogens is 406 g/mol. The molecule has 0 N–H and O–H groups in total. The molecule has 0 aromatic carbocycles. The Morgan fingerprint density at radius 2 is 1.47 bits per heavy atom. The first kappa shape index (κ1) is 27.3. The number of rotatable bonds is 17. The molecule has 1 atom stereocenters. The lowest BCUT2D eigenvalue weighted by molar-refractivity contribution is -0.919. The van der Waals surface area contributed by atoms with Crippen LogP contribution in [0.5, 0.6) is 0 Å². The first-order chi connectivity index (χ1) is 14.2. The molecule has 1 saturated heterocycles. The molecule has 178 valence electrons. The van der Waals surface area contributed by atoms with Gasteiger partial charge < -0.3 is 18.5 Å². The standard InChI is InChI=1S/C22H43NO6S/c1-3-4-5-6-7-8-9-10-11-12-13-14-22(24)29-21(20-30(25,26)27)19-23(2)15-17-28-18-16-23/h21H,3-20H2,1-2H3. The number of unbranched alkanes of at least 4 members (excludes halogenated alkanes) is 10. The lowest BCUT2D eigenvalue weighted by atomic mass is 10.1. The van der Waals surface area contributed by atoms with Crippen LogP contribution in [0, 0.1) is 0 Å². The highest BCUT2D eigenvalue weighted by molar-refractivity contribution is 7.85. The van der Waals surface area contributed by atoms with Gasteiger partial charge in [0, 0.05) is 6.42 Å². The van der Waals surface area contributed by atoms with Crippen LogP contribution in [0.3, 0.4) is 0 Å². The van der Waals surface area contributed by atoms with Gasteiger partial charge in [0.25, 0.3) is 0 Å². The van der Waals surface area contributed by atoms with Gasteiger partial charge in [0.2, 0.25) is 0 Å². The molecule has 1 heterocycles. The molecule has 1 rings (SSSR count). The highest BCUT2D eigenvalue weighted by Crippen LogP contribution is 2.15. The summed E-state index contributed by atoms with van der Waals surface area (Å²) in [7, 11) is -2.48. The van der Waals surface area contributed by atoms with Gasteiger partial charge >= 0.3 is 5.97 Å². The molecule has 0 aromatic heterocycles. The first-order valence-electron chi connectivity index (χ1n) is 11.8. The molecule has 0 spiro atoms. The monoisotopic (exact) mass is 449 g/mol. The molecule has 7 nitrogen and oxygen atoms in total. The van der Waals surface area contributed by atoms with E-state index < -0.39 is 27.9 Å². The topological polar surface area (TPSA) is 92.7 Å². The Labute approximate surface area is 183 Å². The summed E-state index contributed by atoms with van der Waals surface area (Å²) < 4.78 is 45.1. The predicted molar refractivity (Wildman–Crippen MR) is 117 cm³/mol. The van der Waals surface area contributed by atoms with Crippen LogP contribution in [-0.4, -0.2) is 75.2 Å². The number of carbonyl (C=O) groups excluding carboxylic acids is 1. The number of nitrogens with zero attached hydrogens (tertiary/aromatic N) is 1. The summed E-state index contributed by atoms with van der Waals surface area (Å²) in [4.78, 5) is 12.2. The molecule has 0 bridgehead atoms. The fourth-order valence-electron chi connectivity index (χ4n) is 3.99. The number of hydrogen-bond donors (Lipinski definition) is 0. The minimum Gasteiger partial charge on any atom is -0.748 e. The Hall–Kier alpha value is -0.700. The molecule has 8 heteroatoms. The van der Waals surface area contributed by atoms with Gasteiger partial charge in [-0.05, 0) is 6.42 Å². The van der Waals surface area contributed by atoms with Gasteiger partial charge in [-0.1, -0.05) is 71.1 Å². The molecule has 30 heavy (non-hydrogen) atoms. The zero-order chi connectivity index (χ0) is 22.3. The normalized spacial score (nSPS) is 17.6. The van der Waals surface area contributed by atoms with Crippen LogP contribution in [0.1, 0.15) is 84.0 Å². The minimum atomic E-state index is -4.46. The van der Waals surface area contributed by atoms with Crippen LogP contribution < -0.4 is 0 Å². The maximum absolute atomic E-state index is 12.2. The van der Waals surface area contributed by atoms with E-state index in [0.29, 0.717) is 37.3 Å². The summed E-state index contributed by atoms with van der Waals surface area (Å²) in [6.07, 6.45) is 12.6. The molecule has 1 aliphatic rings. The largest absolute Gasteiger partial charge is 0.748 e. The van der Waals surface area contributed by atoms with E-state index in [9.17, 15) is 17.8 Å². The van der Waals surface area contributed by atoms with Crippen LogP contribution in [0.4, 0.5) is 0 Å². The van der Waals surface area contributed by atoms with E-state index in [1.807, 2.05) is 7.05 Å². The van der Waals surface area contributed by atoms with Gasteiger partial charge in [-0.25, -0.2) is 8.42 Å². The second kappa shape index (κ2) is 15.2. The number of esters is 1. The Balaban J connectivity index is 2.21. The number of hydrogen-bond acceptors (Lipinski definition) is 6. The van der Waals surface area contributed by atoms with Crippen LogP contribution in [0.25, 0.3) is 0 Å². The third-order valence-corrected chi connectivity index (χ3v) is 6.65. The third kappa shape index (κ3) is 14.3. The van der Waals surface area contributed by atoms with Crippen molar-refractivity contribution in [3.8, 4) is 0 Å². The summed E-state index contributed by atoms with van der Waals surface area (Å²) >= 11 is 0. The molecule has 1 fully saturated rings. The van der Waals surface area contributed by atoms with E-state index in [2.05, 4.69) is 6.92 Å². The van der Waals surface area contributed by atoms with Gasteiger partial charge in [0.1, 0.15) is 19.6 Å². The average molecular weight is 450 g/mol. The van der Waals surface area contributed by atoms with Crippen molar-refractivity contribution in [3.63, 3.8) is 0 Å². The third-order valence-electron chi connectivity index (χ3n) is 5.87. The van der Waals surface area contributed by atoms with Crippen molar-refractivity contribution in [2.24, 2.45) is 0 Å². The fourth-order valence-corrected chi connectivity index (χ4v) is 4.62. The van der Waals surface area contributed by atoms with Crippen molar-refractivity contribution in [3.05, 3.63) is 0 Å². The molecule has 0 aliphatic carbocycles. The second-order valence-electron chi connectivity index (χ2n) is 8.98. The van der Waals surface area contributed by atoms with Crippen molar-refractivity contribution in [1.29, 1.82) is 0 Å². The van der Waals surface area contributed by atoms with Crippen molar-refractivity contribution in [2.75, 3.05) is 45.6 Å². The molecule has 0 amide bonds. The van der Waals surface area contributed by atoms with Crippen molar-refractivity contribution < 1.29 is 31.7 Å². The summed E-state index contributed by atoms with van der Waals surface area (Å²) in [5.74, 6) is -1.06. The minimum absolute atomic E-state index is 0.277. The molecule has 0 saturated carbocycles. The summed E-state index contributed by atoms with van der Waals surface area (Å²) in [6, 6.07) is 0. The van der Waals surface area contributed by atoms with E-state index in [1.165, 1.54) is 51.4 Å². The van der Waals surface area contributed by atoms with Crippen LogP contribution in [0.2, 0.25) is 0 Å². The number of quaternary nitrogens is 1. The molecule has 0 aromatic rings. The van der Waals surface area contributed by atoms with Gasteiger partial charge in [0.15, 0.2) is 6.10 Å². The molecule has 0 radical (unpaired) electrons. The zero-order valence-corrected chi connectivity index (χ0v) is 19.9. The van der Waals surface area contributed by atoms with E-state index >= 15 is 0 Å². The first-order valence-corrected chi connectivity index (χ1v) is 13.4. The van der Waals surface area contributed by atoms with Crippen LogP contribution >= 0.6 is 0 Å². The van der Waals surface area contributed by atoms with Gasteiger partial charge in [-0.15, -0.1) is 0 Å². The average Bonchev–Trinajstić information content (AvgIpc) is 2.65. The van der Waals surface area contributed by atoms with Crippen molar-refractivity contribution in [2.45, 2.75) is 90.1 Å². The molecular formula is C22H43NO6S. The van der Waals surface area contributed by atoms with Crippen LogP contribution in [-0.2, 0) is 24.4 Å². The van der Waals surface area contributed by atoms with Gasteiger partial charge in [-0.3, -0.25) is 4.79 Å². The summed E-state index contributed by atoms with van der Waals surface area (Å²) in [5.41, 5.74) is 0. The highest BCUT2D eigenvalue weighted by atomic mass is 32.2. The van der Waals surface area contributed by atoms with Crippen LogP contribution in [0.15, 0.2) is 0 Å². The highest BCUT2D eigenvalue weighted by Gasteiger charge is 2.32. The lowest BCUT2D eigenvalue weighted by Crippen LogP contribution is -2.56. The van der Waals surface area contributed by atoms with Gasteiger partial charge in [0.05, 0.1) is 36.1 Å². The van der Waals surface area contributed by atoms with E-state index in [4.69, 9.17) is 9.47 Å².